The molecule has 0 aromatic carbocycles. The van der Waals surface area contributed by atoms with Gasteiger partial charge in [0.1, 0.15) is 5.82 Å². The molecule has 1 aromatic rings. The summed E-state index contributed by atoms with van der Waals surface area (Å²) < 4.78 is 23.5. The van der Waals surface area contributed by atoms with Gasteiger partial charge in [-0.3, -0.25) is 0 Å². The largest absolute Gasteiger partial charge is 0.366 e. The molecule has 1 aliphatic rings. The zero-order chi connectivity index (χ0) is 11.8. The molecule has 1 unspecified atom stereocenters. The third-order valence-electron chi connectivity index (χ3n) is 2.63. The second-order valence-electron chi connectivity index (χ2n) is 4.06. The SMILES string of the molecule is Cc1cc(NC2CCS(=O)(=O)C2)ncc1Br. The first-order chi connectivity index (χ1) is 7.46. The van der Waals surface area contributed by atoms with Crippen LogP contribution in [0.25, 0.3) is 0 Å². The molecule has 0 aliphatic carbocycles. The van der Waals surface area contributed by atoms with Gasteiger partial charge in [-0.05, 0) is 40.9 Å². The van der Waals surface area contributed by atoms with Crippen LogP contribution in [-0.4, -0.2) is 30.9 Å². The maximum absolute atomic E-state index is 11.3. The van der Waals surface area contributed by atoms with Crippen LogP contribution in [0.2, 0.25) is 0 Å². The molecule has 1 fully saturated rings. The molecule has 1 atom stereocenters. The van der Waals surface area contributed by atoms with E-state index < -0.39 is 9.84 Å². The van der Waals surface area contributed by atoms with Crippen molar-refractivity contribution < 1.29 is 8.42 Å². The molecule has 6 heteroatoms. The molecule has 1 saturated heterocycles. The molecule has 2 heterocycles. The standard InChI is InChI=1S/C10H13BrN2O2S/c1-7-4-10(12-5-9(7)11)13-8-2-3-16(14,15)6-8/h4-5,8H,2-3,6H2,1H3,(H,12,13). The molecular weight excluding hydrogens is 292 g/mol. The van der Waals surface area contributed by atoms with Gasteiger partial charge in [-0.2, -0.15) is 0 Å². The molecule has 0 amide bonds. The van der Waals surface area contributed by atoms with Crippen LogP contribution in [0.1, 0.15) is 12.0 Å². The number of anilines is 1. The highest BCUT2D eigenvalue weighted by atomic mass is 79.9. The topological polar surface area (TPSA) is 59.1 Å². The number of halogens is 1. The second-order valence-corrected chi connectivity index (χ2v) is 7.15. The Bertz CT molecular complexity index is 502. The average molecular weight is 305 g/mol. The van der Waals surface area contributed by atoms with Gasteiger partial charge in [0.05, 0.1) is 11.5 Å². The van der Waals surface area contributed by atoms with E-state index in [2.05, 4.69) is 26.2 Å². The predicted octanol–water partition coefficient (Wildman–Crippen LogP) is 1.75. The number of sulfone groups is 1. The molecule has 88 valence electrons. The molecule has 1 aromatic heterocycles. The van der Waals surface area contributed by atoms with Crippen molar-refractivity contribution in [2.75, 3.05) is 16.8 Å². The van der Waals surface area contributed by atoms with Crippen LogP contribution in [0.4, 0.5) is 5.82 Å². The van der Waals surface area contributed by atoms with Crippen LogP contribution in [-0.2, 0) is 9.84 Å². The Kier molecular flexibility index (Phi) is 3.21. The van der Waals surface area contributed by atoms with Gasteiger partial charge >= 0.3 is 0 Å². The maximum Gasteiger partial charge on any atom is 0.152 e. The highest BCUT2D eigenvalue weighted by Gasteiger charge is 2.27. The lowest BCUT2D eigenvalue weighted by atomic mass is 10.2. The van der Waals surface area contributed by atoms with E-state index in [-0.39, 0.29) is 17.5 Å². The Morgan fingerprint density at radius 2 is 2.31 bits per heavy atom. The summed E-state index contributed by atoms with van der Waals surface area (Å²) in [7, 11) is -2.83. The summed E-state index contributed by atoms with van der Waals surface area (Å²) in [6.07, 6.45) is 2.39. The fourth-order valence-electron chi connectivity index (χ4n) is 1.74. The fourth-order valence-corrected chi connectivity index (χ4v) is 3.63. The first-order valence-corrected chi connectivity index (χ1v) is 7.67. The van der Waals surface area contributed by atoms with E-state index in [9.17, 15) is 8.42 Å². The number of rotatable bonds is 2. The van der Waals surface area contributed by atoms with Gasteiger partial charge < -0.3 is 5.32 Å². The second kappa shape index (κ2) is 4.33. The highest BCUT2D eigenvalue weighted by Crippen LogP contribution is 2.20. The Morgan fingerprint density at radius 3 is 2.88 bits per heavy atom. The number of hydrogen-bond acceptors (Lipinski definition) is 4. The Balaban J connectivity index is 2.08. The molecular formula is C10H13BrN2O2S. The van der Waals surface area contributed by atoms with Gasteiger partial charge in [0.15, 0.2) is 9.84 Å². The summed E-state index contributed by atoms with van der Waals surface area (Å²) in [6, 6.07) is 1.91. The maximum atomic E-state index is 11.3. The Labute approximate surface area is 104 Å². The summed E-state index contributed by atoms with van der Waals surface area (Å²) in [6.45, 7) is 1.97. The minimum Gasteiger partial charge on any atom is -0.366 e. The minimum absolute atomic E-state index is 0.00178. The number of aromatic nitrogens is 1. The summed E-state index contributed by atoms with van der Waals surface area (Å²) >= 11 is 3.37. The fraction of sp³-hybridized carbons (Fsp3) is 0.500. The van der Waals surface area contributed by atoms with Crippen molar-refractivity contribution >= 4 is 31.6 Å². The Morgan fingerprint density at radius 1 is 1.56 bits per heavy atom. The van der Waals surface area contributed by atoms with Crippen molar-refractivity contribution in [3.05, 3.63) is 22.3 Å². The van der Waals surface area contributed by atoms with Crippen LogP contribution in [0.15, 0.2) is 16.7 Å². The molecule has 1 N–H and O–H groups in total. The van der Waals surface area contributed by atoms with E-state index in [1.54, 1.807) is 6.20 Å². The third-order valence-corrected chi connectivity index (χ3v) is 5.23. The number of pyridine rings is 1. The zero-order valence-electron chi connectivity index (χ0n) is 8.90. The van der Waals surface area contributed by atoms with Crippen molar-refractivity contribution in [1.29, 1.82) is 0 Å². The van der Waals surface area contributed by atoms with Crippen molar-refractivity contribution in [2.24, 2.45) is 0 Å². The van der Waals surface area contributed by atoms with Crippen LogP contribution in [0, 0.1) is 6.92 Å². The average Bonchev–Trinajstić information content (AvgIpc) is 2.52. The minimum atomic E-state index is -2.83. The molecule has 0 radical (unpaired) electrons. The van der Waals surface area contributed by atoms with Gasteiger partial charge in [0, 0.05) is 16.7 Å². The van der Waals surface area contributed by atoms with Crippen molar-refractivity contribution in [1.82, 2.24) is 4.98 Å². The van der Waals surface area contributed by atoms with Gasteiger partial charge in [-0.1, -0.05) is 0 Å². The van der Waals surface area contributed by atoms with Crippen molar-refractivity contribution in [3.8, 4) is 0 Å². The smallest absolute Gasteiger partial charge is 0.152 e. The normalized spacial score (nSPS) is 23.2. The highest BCUT2D eigenvalue weighted by molar-refractivity contribution is 9.10. The van der Waals surface area contributed by atoms with E-state index in [1.165, 1.54) is 0 Å². The quantitative estimate of drug-likeness (QED) is 0.904. The molecule has 16 heavy (non-hydrogen) atoms. The van der Waals surface area contributed by atoms with Crippen LogP contribution < -0.4 is 5.32 Å². The Hall–Kier alpha value is -0.620. The number of nitrogens with one attached hydrogen (secondary N) is 1. The van der Waals surface area contributed by atoms with Crippen molar-refractivity contribution in [3.63, 3.8) is 0 Å². The number of aryl methyl sites for hydroxylation is 1. The lowest BCUT2D eigenvalue weighted by Crippen LogP contribution is -2.21. The zero-order valence-corrected chi connectivity index (χ0v) is 11.3. The van der Waals surface area contributed by atoms with Crippen LogP contribution in [0.5, 0.6) is 0 Å². The lowest BCUT2D eigenvalue weighted by Gasteiger charge is -2.12. The monoisotopic (exact) mass is 304 g/mol. The first-order valence-electron chi connectivity index (χ1n) is 5.05. The van der Waals surface area contributed by atoms with Crippen LogP contribution >= 0.6 is 15.9 Å². The predicted molar refractivity (Wildman–Crippen MR) is 67.4 cm³/mol. The van der Waals surface area contributed by atoms with Crippen molar-refractivity contribution in [2.45, 2.75) is 19.4 Å². The van der Waals surface area contributed by atoms with E-state index in [0.29, 0.717) is 6.42 Å². The van der Waals surface area contributed by atoms with Gasteiger partial charge in [-0.25, -0.2) is 13.4 Å². The number of hydrogen-bond donors (Lipinski definition) is 1. The molecule has 0 saturated carbocycles. The molecule has 4 nitrogen and oxygen atoms in total. The molecule has 2 rings (SSSR count). The van der Waals surface area contributed by atoms with E-state index in [1.807, 2.05) is 13.0 Å². The van der Waals surface area contributed by atoms with Gasteiger partial charge in [0.2, 0.25) is 0 Å². The van der Waals surface area contributed by atoms with Gasteiger partial charge in [-0.15, -0.1) is 0 Å². The summed E-state index contributed by atoms with van der Waals surface area (Å²) in [5.74, 6) is 1.23. The van der Waals surface area contributed by atoms with E-state index in [4.69, 9.17) is 0 Å². The van der Waals surface area contributed by atoms with Crippen LogP contribution in [0.3, 0.4) is 0 Å². The van der Waals surface area contributed by atoms with E-state index >= 15 is 0 Å². The first kappa shape index (κ1) is 11.9. The molecule has 0 spiro atoms. The lowest BCUT2D eigenvalue weighted by molar-refractivity contribution is 0.602. The third kappa shape index (κ3) is 2.74. The summed E-state index contributed by atoms with van der Waals surface area (Å²) in [5, 5.41) is 3.15. The summed E-state index contributed by atoms with van der Waals surface area (Å²) in [4.78, 5) is 4.20. The van der Waals surface area contributed by atoms with Gasteiger partial charge in [0.25, 0.3) is 0 Å². The summed E-state index contributed by atoms with van der Waals surface area (Å²) in [5.41, 5.74) is 1.08. The van der Waals surface area contributed by atoms with E-state index in [0.717, 1.165) is 15.9 Å². The molecule has 0 bridgehead atoms. The number of nitrogens with zero attached hydrogens (tertiary/aromatic N) is 1. The molecule has 1 aliphatic heterocycles.